The number of hydrogen-bond acceptors (Lipinski definition) is 6. The van der Waals surface area contributed by atoms with Gasteiger partial charge in [0, 0.05) is 45.7 Å². The lowest BCUT2D eigenvalue weighted by atomic mass is 10.2. The average Bonchev–Trinajstić information content (AvgIpc) is 3.25. The summed E-state index contributed by atoms with van der Waals surface area (Å²) in [5, 5.41) is 3.90. The average molecular weight is 344 g/mol. The van der Waals surface area contributed by atoms with Gasteiger partial charge in [0.25, 0.3) is 5.91 Å². The van der Waals surface area contributed by atoms with Gasteiger partial charge in [0.2, 0.25) is 0 Å². The molecule has 2 aromatic heterocycles. The van der Waals surface area contributed by atoms with Crippen molar-refractivity contribution in [2.75, 3.05) is 32.1 Å². The smallest absolute Gasteiger partial charge is 0.276 e. The van der Waals surface area contributed by atoms with Crippen LogP contribution in [0.15, 0.2) is 28.9 Å². The molecule has 1 aliphatic heterocycles. The Morgan fingerprint density at radius 3 is 3.08 bits per heavy atom. The first-order valence-electron chi connectivity index (χ1n) is 8.62. The summed E-state index contributed by atoms with van der Waals surface area (Å²) < 4.78 is 11.3. The van der Waals surface area contributed by atoms with Gasteiger partial charge >= 0.3 is 0 Å². The summed E-state index contributed by atoms with van der Waals surface area (Å²) in [6, 6.07) is 5.50. The number of hydrogen-bond donors (Lipinski definition) is 0. The predicted molar refractivity (Wildman–Crippen MR) is 94.0 cm³/mol. The van der Waals surface area contributed by atoms with Crippen LogP contribution in [0.2, 0.25) is 0 Å². The highest BCUT2D eigenvalue weighted by molar-refractivity contribution is 5.92. The lowest BCUT2D eigenvalue weighted by molar-refractivity contribution is 0.0762. The van der Waals surface area contributed by atoms with E-state index in [1.807, 2.05) is 31.1 Å². The topological polar surface area (TPSA) is 71.7 Å². The van der Waals surface area contributed by atoms with Crippen LogP contribution in [0.1, 0.15) is 36.0 Å². The van der Waals surface area contributed by atoms with E-state index in [0.717, 1.165) is 36.6 Å². The first kappa shape index (κ1) is 17.3. The normalized spacial score (nSPS) is 16.9. The van der Waals surface area contributed by atoms with Crippen LogP contribution >= 0.6 is 0 Å². The van der Waals surface area contributed by atoms with Crippen molar-refractivity contribution in [2.24, 2.45) is 0 Å². The van der Waals surface area contributed by atoms with E-state index in [1.54, 1.807) is 17.2 Å². The molecule has 0 unspecified atom stereocenters. The van der Waals surface area contributed by atoms with Crippen molar-refractivity contribution in [3.05, 3.63) is 35.9 Å². The second-order valence-corrected chi connectivity index (χ2v) is 6.43. The Kier molecular flexibility index (Phi) is 5.21. The lowest BCUT2D eigenvalue weighted by Gasteiger charge is -2.20. The highest BCUT2D eigenvalue weighted by atomic mass is 16.5. The minimum Gasteiger partial charge on any atom is -0.485 e. The van der Waals surface area contributed by atoms with Gasteiger partial charge in [-0.25, -0.2) is 4.98 Å². The second kappa shape index (κ2) is 7.55. The van der Waals surface area contributed by atoms with Crippen LogP contribution in [-0.4, -0.2) is 54.2 Å². The molecular weight excluding hydrogens is 320 g/mol. The third-order valence-electron chi connectivity index (χ3n) is 4.17. The van der Waals surface area contributed by atoms with Gasteiger partial charge in [-0.15, -0.1) is 0 Å². The summed E-state index contributed by atoms with van der Waals surface area (Å²) >= 11 is 0. The molecule has 0 bridgehead atoms. The molecule has 7 heteroatoms. The molecule has 1 atom stereocenters. The van der Waals surface area contributed by atoms with E-state index >= 15 is 0 Å². The van der Waals surface area contributed by atoms with E-state index in [9.17, 15) is 4.79 Å². The Morgan fingerprint density at radius 2 is 2.32 bits per heavy atom. The van der Waals surface area contributed by atoms with Crippen LogP contribution in [0.5, 0.6) is 5.75 Å². The minimum atomic E-state index is -0.101. The van der Waals surface area contributed by atoms with E-state index in [4.69, 9.17) is 9.26 Å². The number of nitrogens with zero attached hydrogens (tertiary/aromatic N) is 4. The number of anilines is 1. The Balaban J connectivity index is 1.62. The number of likely N-dealkylation sites (tertiary alicyclic amines) is 1. The molecule has 0 aliphatic carbocycles. The van der Waals surface area contributed by atoms with Crippen molar-refractivity contribution < 1.29 is 14.1 Å². The van der Waals surface area contributed by atoms with E-state index in [2.05, 4.69) is 17.1 Å². The van der Waals surface area contributed by atoms with E-state index in [1.165, 1.54) is 0 Å². The second-order valence-electron chi connectivity index (χ2n) is 6.43. The van der Waals surface area contributed by atoms with Crippen molar-refractivity contribution >= 4 is 11.7 Å². The van der Waals surface area contributed by atoms with Crippen LogP contribution in [0, 0.1) is 0 Å². The van der Waals surface area contributed by atoms with Gasteiger partial charge in [0.1, 0.15) is 11.9 Å². The number of aromatic nitrogens is 2. The summed E-state index contributed by atoms with van der Waals surface area (Å²) in [7, 11) is 3.86. The van der Waals surface area contributed by atoms with Gasteiger partial charge in [-0.2, -0.15) is 0 Å². The third-order valence-corrected chi connectivity index (χ3v) is 4.17. The van der Waals surface area contributed by atoms with Crippen molar-refractivity contribution in [3.8, 4) is 5.75 Å². The maximum absolute atomic E-state index is 12.6. The molecule has 0 spiro atoms. The largest absolute Gasteiger partial charge is 0.485 e. The fourth-order valence-corrected chi connectivity index (χ4v) is 2.94. The first-order valence-corrected chi connectivity index (χ1v) is 8.62. The Bertz CT molecular complexity index is 729. The van der Waals surface area contributed by atoms with Crippen molar-refractivity contribution in [1.82, 2.24) is 15.0 Å². The molecule has 1 fully saturated rings. The standard InChI is InChI=1S/C18H24N4O3/c1-4-6-13-11-15(20-25-13)18(23)22-10-8-14(12-22)24-16-7-5-9-19-17(16)21(2)3/h5,7,9,11,14H,4,6,8,10,12H2,1-3H3/t14-/m0/s1. The summed E-state index contributed by atoms with van der Waals surface area (Å²) in [6.45, 7) is 3.25. The number of aryl methyl sites for hydroxylation is 1. The van der Waals surface area contributed by atoms with E-state index in [-0.39, 0.29) is 12.0 Å². The fraction of sp³-hybridized carbons (Fsp3) is 0.500. The van der Waals surface area contributed by atoms with Crippen LogP contribution in [0.25, 0.3) is 0 Å². The molecule has 0 N–H and O–H groups in total. The summed E-state index contributed by atoms with van der Waals surface area (Å²) in [5.41, 5.74) is 0.374. The molecule has 3 rings (SSSR count). The van der Waals surface area contributed by atoms with E-state index in [0.29, 0.717) is 18.8 Å². The van der Waals surface area contributed by atoms with Gasteiger partial charge in [0.05, 0.1) is 6.54 Å². The van der Waals surface area contributed by atoms with Gasteiger partial charge in [0.15, 0.2) is 17.3 Å². The maximum Gasteiger partial charge on any atom is 0.276 e. The fourth-order valence-electron chi connectivity index (χ4n) is 2.94. The molecule has 1 saturated heterocycles. The predicted octanol–water partition coefficient (Wildman–Crippen LogP) is 2.38. The maximum atomic E-state index is 12.6. The number of carbonyl (C=O) groups is 1. The highest BCUT2D eigenvalue weighted by Gasteiger charge is 2.30. The SMILES string of the molecule is CCCc1cc(C(=O)N2CC[C@H](Oc3cccnc3N(C)C)C2)no1. The molecule has 1 aliphatic rings. The molecule has 2 aromatic rings. The summed E-state index contributed by atoms with van der Waals surface area (Å²) in [5.74, 6) is 2.17. The molecular formula is C18H24N4O3. The zero-order chi connectivity index (χ0) is 17.8. The Morgan fingerprint density at radius 1 is 1.48 bits per heavy atom. The molecule has 0 saturated carbocycles. The zero-order valence-corrected chi connectivity index (χ0v) is 14.9. The summed E-state index contributed by atoms with van der Waals surface area (Å²) in [6.07, 6.45) is 4.23. The summed E-state index contributed by atoms with van der Waals surface area (Å²) in [4.78, 5) is 20.6. The highest BCUT2D eigenvalue weighted by Crippen LogP contribution is 2.27. The number of rotatable bonds is 6. The monoisotopic (exact) mass is 344 g/mol. The van der Waals surface area contributed by atoms with Gasteiger partial charge in [-0.05, 0) is 18.6 Å². The Hall–Kier alpha value is -2.57. The van der Waals surface area contributed by atoms with Crippen LogP contribution in [0.4, 0.5) is 5.82 Å². The Labute approximate surface area is 147 Å². The third kappa shape index (κ3) is 3.92. The van der Waals surface area contributed by atoms with Crippen molar-refractivity contribution in [2.45, 2.75) is 32.3 Å². The molecule has 25 heavy (non-hydrogen) atoms. The number of pyridine rings is 1. The zero-order valence-electron chi connectivity index (χ0n) is 14.9. The van der Waals surface area contributed by atoms with Crippen molar-refractivity contribution in [1.29, 1.82) is 0 Å². The molecule has 134 valence electrons. The van der Waals surface area contributed by atoms with Crippen molar-refractivity contribution in [3.63, 3.8) is 0 Å². The molecule has 3 heterocycles. The van der Waals surface area contributed by atoms with Gasteiger partial charge in [-0.1, -0.05) is 12.1 Å². The van der Waals surface area contributed by atoms with Crippen LogP contribution in [0.3, 0.4) is 0 Å². The number of ether oxygens (including phenoxy) is 1. The van der Waals surface area contributed by atoms with Crippen LogP contribution in [-0.2, 0) is 6.42 Å². The quantitative estimate of drug-likeness (QED) is 0.801. The first-order chi connectivity index (χ1) is 12.1. The molecule has 1 amide bonds. The van der Waals surface area contributed by atoms with Crippen LogP contribution < -0.4 is 9.64 Å². The number of amides is 1. The van der Waals surface area contributed by atoms with E-state index < -0.39 is 0 Å². The molecule has 0 radical (unpaired) electrons. The van der Waals surface area contributed by atoms with Gasteiger partial charge in [-0.3, -0.25) is 4.79 Å². The van der Waals surface area contributed by atoms with Gasteiger partial charge < -0.3 is 19.1 Å². The molecule has 7 nitrogen and oxygen atoms in total. The minimum absolute atomic E-state index is 0.0473. The molecule has 0 aromatic carbocycles. The lowest BCUT2D eigenvalue weighted by Crippen LogP contribution is -2.31. The number of carbonyl (C=O) groups excluding carboxylic acids is 1.